The lowest BCUT2D eigenvalue weighted by atomic mass is 9.99. The topological polar surface area (TPSA) is 20.3 Å². The Bertz CT molecular complexity index is 868. The van der Waals surface area contributed by atoms with Gasteiger partial charge < -0.3 is 0 Å². The van der Waals surface area contributed by atoms with E-state index in [-0.39, 0.29) is 11.9 Å². The molecule has 2 nitrogen and oxygen atoms in total. The fourth-order valence-corrected chi connectivity index (χ4v) is 4.53. The summed E-state index contributed by atoms with van der Waals surface area (Å²) in [6.07, 6.45) is 2.97. The summed E-state index contributed by atoms with van der Waals surface area (Å²) in [4.78, 5) is 15.3. The van der Waals surface area contributed by atoms with Gasteiger partial charge >= 0.3 is 0 Å². The van der Waals surface area contributed by atoms with Crippen molar-refractivity contribution in [3.05, 3.63) is 64.6 Å². The Labute approximate surface area is 171 Å². The number of thioether (sulfide) groups is 1. The van der Waals surface area contributed by atoms with Gasteiger partial charge in [-0.05, 0) is 42.5 Å². The monoisotopic (exact) mass is 395 g/mol. The maximum atomic E-state index is 12.9. The molecule has 2 atom stereocenters. The summed E-state index contributed by atoms with van der Waals surface area (Å²) in [5.74, 6) is 0.445. The number of hydrogen-bond donors (Lipinski definition) is 0. The summed E-state index contributed by atoms with van der Waals surface area (Å²) in [6, 6.07) is 16.9. The van der Waals surface area contributed by atoms with Gasteiger partial charge in [0.2, 0.25) is 0 Å². The van der Waals surface area contributed by atoms with E-state index in [9.17, 15) is 4.79 Å². The van der Waals surface area contributed by atoms with Gasteiger partial charge in [-0.2, -0.15) is 0 Å². The molecule has 0 aliphatic carbocycles. The Morgan fingerprint density at radius 3 is 2.15 bits per heavy atom. The van der Waals surface area contributed by atoms with Crippen molar-refractivity contribution in [1.29, 1.82) is 0 Å². The summed E-state index contributed by atoms with van der Waals surface area (Å²) < 4.78 is 0.662. The standard InChI is InChI=1S/C23H25NOS2/c1-5-16(3)17(4)24-22(25)21(27-23(24)26)14-18-8-12-20(13-9-18)19-10-6-15(2)7-11-19/h6-14,16-17H,5H2,1-4H3/b21-14-/t16-,17+/m0/s1. The van der Waals surface area contributed by atoms with Crippen molar-refractivity contribution in [1.82, 2.24) is 4.90 Å². The molecule has 27 heavy (non-hydrogen) atoms. The Balaban J connectivity index is 1.79. The lowest BCUT2D eigenvalue weighted by Crippen LogP contribution is -2.40. The smallest absolute Gasteiger partial charge is 0.266 e. The third-order valence-corrected chi connectivity index (χ3v) is 6.62. The molecule has 4 heteroatoms. The Morgan fingerprint density at radius 2 is 1.59 bits per heavy atom. The number of thiocarbonyl (C=S) groups is 1. The molecule has 1 aliphatic rings. The molecule has 3 rings (SSSR count). The van der Waals surface area contributed by atoms with E-state index in [1.165, 1.54) is 28.5 Å². The van der Waals surface area contributed by atoms with Crippen molar-refractivity contribution in [3.63, 3.8) is 0 Å². The van der Waals surface area contributed by atoms with Crippen molar-refractivity contribution in [3.8, 4) is 11.1 Å². The first kappa shape index (κ1) is 19.8. The van der Waals surface area contributed by atoms with Crippen LogP contribution in [0.5, 0.6) is 0 Å². The predicted octanol–water partition coefficient (Wildman–Crippen LogP) is 6.30. The van der Waals surface area contributed by atoms with E-state index in [0.29, 0.717) is 15.1 Å². The summed E-state index contributed by atoms with van der Waals surface area (Å²) in [5, 5.41) is 0. The lowest BCUT2D eigenvalue weighted by Gasteiger charge is -2.27. The van der Waals surface area contributed by atoms with Crippen LogP contribution in [-0.4, -0.2) is 21.2 Å². The number of rotatable bonds is 5. The lowest BCUT2D eigenvalue weighted by molar-refractivity contribution is -0.124. The summed E-state index contributed by atoms with van der Waals surface area (Å²) in [7, 11) is 0. The molecule has 1 fully saturated rings. The number of carbonyl (C=O) groups excluding carboxylic acids is 1. The molecule has 2 aromatic carbocycles. The van der Waals surface area contributed by atoms with Gasteiger partial charge in [0.05, 0.1) is 4.91 Å². The molecule has 1 aliphatic heterocycles. The van der Waals surface area contributed by atoms with Gasteiger partial charge in [0.25, 0.3) is 5.91 Å². The van der Waals surface area contributed by atoms with Crippen LogP contribution in [0.15, 0.2) is 53.4 Å². The van der Waals surface area contributed by atoms with E-state index in [2.05, 4.69) is 76.2 Å². The zero-order valence-electron chi connectivity index (χ0n) is 16.2. The number of carbonyl (C=O) groups is 1. The first-order valence-corrected chi connectivity index (χ1v) is 10.6. The van der Waals surface area contributed by atoms with Crippen molar-refractivity contribution >= 4 is 40.3 Å². The highest BCUT2D eigenvalue weighted by Crippen LogP contribution is 2.35. The molecule has 1 saturated heterocycles. The summed E-state index contributed by atoms with van der Waals surface area (Å²) in [6.45, 7) is 8.48. The highest BCUT2D eigenvalue weighted by molar-refractivity contribution is 8.26. The average Bonchev–Trinajstić information content (AvgIpc) is 2.95. The minimum absolute atomic E-state index is 0.0282. The van der Waals surface area contributed by atoms with Crippen LogP contribution in [-0.2, 0) is 4.79 Å². The third-order valence-electron chi connectivity index (χ3n) is 5.29. The van der Waals surface area contributed by atoms with Crippen molar-refractivity contribution in [2.45, 2.75) is 40.2 Å². The van der Waals surface area contributed by atoms with Crippen molar-refractivity contribution in [2.75, 3.05) is 0 Å². The Morgan fingerprint density at radius 1 is 1.04 bits per heavy atom. The fraction of sp³-hybridized carbons (Fsp3) is 0.304. The predicted molar refractivity (Wildman–Crippen MR) is 121 cm³/mol. The molecule has 0 unspecified atom stereocenters. The molecule has 0 N–H and O–H groups in total. The first-order chi connectivity index (χ1) is 12.9. The largest absolute Gasteiger partial charge is 0.290 e. The van der Waals surface area contributed by atoms with Gasteiger partial charge in [-0.15, -0.1) is 0 Å². The van der Waals surface area contributed by atoms with Gasteiger partial charge in [0, 0.05) is 6.04 Å². The number of aryl methyl sites for hydroxylation is 1. The van der Waals surface area contributed by atoms with E-state index < -0.39 is 0 Å². The van der Waals surface area contributed by atoms with Crippen LogP contribution in [0, 0.1) is 12.8 Å². The maximum Gasteiger partial charge on any atom is 0.266 e. The number of hydrogen-bond acceptors (Lipinski definition) is 3. The molecule has 1 amide bonds. The molecular formula is C23H25NOS2. The quantitative estimate of drug-likeness (QED) is 0.438. The van der Waals surface area contributed by atoms with E-state index in [1.807, 2.05) is 6.08 Å². The molecular weight excluding hydrogens is 370 g/mol. The van der Waals surface area contributed by atoms with E-state index in [0.717, 1.165) is 12.0 Å². The van der Waals surface area contributed by atoms with Gasteiger partial charge in [0.1, 0.15) is 4.32 Å². The molecule has 0 bridgehead atoms. The van der Waals surface area contributed by atoms with Crippen LogP contribution < -0.4 is 0 Å². The normalized spacial score (nSPS) is 18.2. The zero-order chi connectivity index (χ0) is 19.6. The first-order valence-electron chi connectivity index (χ1n) is 9.35. The van der Waals surface area contributed by atoms with E-state index >= 15 is 0 Å². The maximum absolute atomic E-state index is 12.9. The van der Waals surface area contributed by atoms with E-state index in [4.69, 9.17) is 12.2 Å². The van der Waals surface area contributed by atoms with Crippen LogP contribution in [0.2, 0.25) is 0 Å². The van der Waals surface area contributed by atoms with Gasteiger partial charge in [-0.3, -0.25) is 9.69 Å². The van der Waals surface area contributed by atoms with Crippen LogP contribution in [0.1, 0.15) is 38.3 Å². The molecule has 0 aromatic heterocycles. The second-order valence-electron chi connectivity index (χ2n) is 7.17. The van der Waals surface area contributed by atoms with Crippen molar-refractivity contribution in [2.24, 2.45) is 5.92 Å². The minimum atomic E-state index is 0.0282. The molecule has 1 heterocycles. The average molecular weight is 396 g/mol. The number of benzene rings is 2. The molecule has 0 radical (unpaired) electrons. The van der Waals surface area contributed by atoms with Crippen LogP contribution >= 0.6 is 24.0 Å². The fourth-order valence-electron chi connectivity index (χ4n) is 3.10. The number of nitrogens with zero attached hydrogens (tertiary/aromatic N) is 1. The molecule has 2 aromatic rings. The number of amides is 1. The Kier molecular flexibility index (Phi) is 6.18. The summed E-state index contributed by atoms with van der Waals surface area (Å²) in [5.41, 5.74) is 4.64. The van der Waals surface area contributed by atoms with Crippen molar-refractivity contribution < 1.29 is 4.79 Å². The molecule has 0 spiro atoms. The second-order valence-corrected chi connectivity index (χ2v) is 8.84. The van der Waals surface area contributed by atoms with E-state index in [1.54, 1.807) is 4.90 Å². The highest BCUT2D eigenvalue weighted by Gasteiger charge is 2.36. The minimum Gasteiger partial charge on any atom is -0.290 e. The molecule has 140 valence electrons. The van der Waals surface area contributed by atoms with Gasteiger partial charge in [0.15, 0.2) is 0 Å². The van der Waals surface area contributed by atoms with Crippen LogP contribution in [0.4, 0.5) is 0 Å². The highest BCUT2D eigenvalue weighted by atomic mass is 32.2. The zero-order valence-corrected chi connectivity index (χ0v) is 17.9. The third kappa shape index (κ3) is 4.33. The van der Waals surface area contributed by atoms with Gasteiger partial charge in [-0.1, -0.05) is 98.3 Å². The Hall–Kier alpha value is -1.91. The van der Waals surface area contributed by atoms with Crippen LogP contribution in [0.3, 0.4) is 0 Å². The summed E-state index contributed by atoms with van der Waals surface area (Å²) >= 11 is 6.88. The molecule has 0 saturated carbocycles. The van der Waals surface area contributed by atoms with Gasteiger partial charge in [-0.25, -0.2) is 0 Å². The SMILES string of the molecule is CC[C@H](C)[C@@H](C)N1C(=O)/C(=C/c2ccc(-c3ccc(C)cc3)cc2)SC1=S. The van der Waals surface area contributed by atoms with Crippen LogP contribution in [0.25, 0.3) is 17.2 Å². The second kappa shape index (κ2) is 8.41.